The van der Waals surface area contributed by atoms with Crippen molar-refractivity contribution in [3.05, 3.63) is 22.2 Å². The van der Waals surface area contributed by atoms with Crippen LogP contribution in [0.5, 0.6) is 0 Å². The minimum Gasteiger partial charge on any atom is -0.367 e. The van der Waals surface area contributed by atoms with Crippen molar-refractivity contribution in [2.24, 2.45) is 0 Å². The Kier molecular flexibility index (Phi) is 3.32. The quantitative estimate of drug-likeness (QED) is 0.752. The van der Waals surface area contributed by atoms with E-state index in [2.05, 4.69) is 20.6 Å². The molecule has 2 fully saturated rings. The third-order valence-corrected chi connectivity index (χ3v) is 3.65. The largest absolute Gasteiger partial charge is 0.367 e. The van der Waals surface area contributed by atoms with E-state index in [-0.39, 0.29) is 5.56 Å². The van der Waals surface area contributed by atoms with Crippen molar-refractivity contribution in [1.29, 1.82) is 0 Å². The fourth-order valence-corrected chi connectivity index (χ4v) is 2.47. The van der Waals surface area contributed by atoms with Crippen molar-refractivity contribution in [3.63, 3.8) is 0 Å². The smallest absolute Gasteiger partial charge is 0.252 e. The van der Waals surface area contributed by atoms with Crippen molar-refractivity contribution in [2.45, 2.75) is 44.1 Å². The van der Waals surface area contributed by atoms with E-state index in [9.17, 15) is 4.79 Å². The zero-order chi connectivity index (χ0) is 12.4. The monoisotopic (exact) mass is 248 g/mol. The van der Waals surface area contributed by atoms with Crippen LogP contribution in [0.4, 0.5) is 5.82 Å². The van der Waals surface area contributed by atoms with Crippen LogP contribution in [0.2, 0.25) is 0 Å². The molecule has 5 nitrogen and oxygen atoms in total. The third kappa shape index (κ3) is 2.90. The molecule has 2 aliphatic rings. The first-order valence-electron chi connectivity index (χ1n) is 6.90. The molecule has 3 rings (SSSR count). The number of hydrogen-bond donors (Lipinski definition) is 3. The minimum absolute atomic E-state index is 0.0406. The lowest BCUT2D eigenvalue weighted by Gasteiger charge is -2.16. The van der Waals surface area contributed by atoms with Crippen LogP contribution in [0, 0.1) is 0 Å². The maximum atomic E-state index is 11.6. The molecule has 1 saturated heterocycles. The van der Waals surface area contributed by atoms with Crippen LogP contribution in [-0.2, 0) is 0 Å². The molecule has 1 unspecified atom stereocenters. The van der Waals surface area contributed by atoms with Crippen molar-refractivity contribution in [3.8, 4) is 0 Å². The lowest BCUT2D eigenvalue weighted by Crippen LogP contribution is -2.23. The summed E-state index contributed by atoms with van der Waals surface area (Å²) in [6.45, 7) is 2.13. The van der Waals surface area contributed by atoms with Crippen LogP contribution in [0.3, 0.4) is 0 Å². The number of nitrogens with one attached hydrogen (secondary N) is 3. The Labute approximate surface area is 106 Å². The van der Waals surface area contributed by atoms with Gasteiger partial charge in [0.15, 0.2) is 0 Å². The Hall–Kier alpha value is -1.36. The molecule has 1 aromatic heterocycles. The maximum Gasteiger partial charge on any atom is 0.252 e. The molecule has 0 amide bonds. The van der Waals surface area contributed by atoms with E-state index >= 15 is 0 Å². The second kappa shape index (κ2) is 5.10. The first-order valence-corrected chi connectivity index (χ1v) is 6.90. The molecule has 0 radical (unpaired) electrons. The third-order valence-electron chi connectivity index (χ3n) is 3.65. The van der Waals surface area contributed by atoms with Gasteiger partial charge in [0.1, 0.15) is 11.6 Å². The minimum atomic E-state index is -0.0406. The summed E-state index contributed by atoms with van der Waals surface area (Å²) in [4.78, 5) is 19.0. The molecule has 1 atom stereocenters. The first kappa shape index (κ1) is 11.7. The van der Waals surface area contributed by atoms with Crippen molar-refractivity contribution in [2.75, 3.05) is 18.4 Å². The van der Waals surface area contributed by atoms with Crippen molar-refractivity contribution in [1.82, 2.24) is 15.3 Å². The predicted molar refractivity (Wildman–Crippen MR) is 71.0 cm³/mol. The van der Waals surface area contributed by atoms with Gasteiger partial charge < -0.3 is 15.6 Å². The standard InChI is InChI=1S/C13H20N4O/c18-12-8-11(16-13(17-12)9-3-4-9)15-10-2-1-6-14-7-5-10/h8-10,14H,1-7H2,(H2,15,16,17,18). The number of aromatic nitrogens is 2. The maximum absolute atomic E-state index is 11.6. The molecule has 18 heavy (non-hydrogen) atoms. The highest BCUT2D eigenvalue weighted by molar-refractivity contribution is 5.35. The number of H-pyrrole nitrogens is 1. The van der Waals surface area contributed by atoms with E-state index in [1.165, 1.54) is 6.42 Å². The summed E-state index contributed by atoms with van der Waals surface area (Å²) >= 11 is 0. The van der Waals surface area contributed by atoms with Crippen molar-refractivity contribution < 1.29 is 0 Å². The van der Waals surface area contributed by atoms with E-state index in [1.54, 1.807) is 6.07 Å². The van der Waals surface area contributed by atoms with Crippen LogP contribution in [0.1, 0.15) is 43.8 Å². The normalized spacial score (nSPS) is 24.6. The molecule has 5 heteroatoms. The molecule has 0 aromatic carbocycles. The molecule has 1 aliphatic heterocycles. The number of nitrogens with zero attached hydrogens (tertiary/aromatic N) is 1. The summed E-state index contributed by atoms with van der Waals surface area (Å²) < 4.78 is 0. The molecule has 1 aliphatic carbocycles. The van der Waals surface area contributed by atoms with E-state index < -0.39 is 0 Å². The highest BCUT2D eigenvalue weighted by atomic mass is 16.1. The Morgan fingerprint density at radius 2 is 2.11 bits per heavy atom. The molecular weight excluding hydrogens is 228 g/mol. The average Bonchev–Trinajstić information content (AvgIpc) is 3.16. The lowest BCUT2D eigenvalue weighted by molar-refractivity contribution is 0.633. The van der Waals surface area contributed by atoms with Crippen LogP contribution in [0.25, 0.3) is 0 Å². The van der Waals surface area contributed by atoms with E-state index in [0.717, 1.165) is 50.4 Å². The predicted octanol–water partition coefficient (Wildman–Crippen LogP) is 1.20. The average molecular weight is 248 g/mol. The molecule has 1 aromatic rings. The summed E-state index contributed by atoms with van der Waals surface area (Å²) in [5.74, 6) is 2.08. The fraction of sp³-hybridized carbons (Fsp3) is 0.692. The summed E-state index contributed by atoms with van der Waals surface area (Å²) in [5, 5.41) is 6.80. The highest BCUT2D eigenvalue weighted by Gasteiger charge is 2.26. The Morgan fingerprint density at radius 3 is 2.94 bits per heavy atom. The zero-order valence-corrected chi connectivity index (χ0v) is 10.5. The van der Waals surface area contributed by atoms with Gasteiger partial charge in [0, 0.05) is 18.0 Å². The van der Waals surface area contributed by atoms with E-state index in [0.29, 0.717) is 12.0 Å². The second-order valence-electron chi connectivity index (χ2n) is 5.31. The summed E-state index contributed by atoms with van der Waals surface area (Å²) in [7, 11) is 0. The van der Waals surface area contributed by atoms with Gasteiger partial charge in [0.05, 0.1) is 0 Å². The van der Waals surface area contributed by atoms with Crippen LogP contribution >= 0.6 is 0 Å². The van der Waals surface area contributed by atoms with E-state index in [4.69, 9.17) is 0 Å². The first-order chi connectivity index (χ1) is 8.81. The number of aromatic amines is 1. The molecule has 98 valence electrons. The van der Waals surface area contributed by atoms with Crippen LogP contribution in [0.15, 0.2) is 10.9 Å². The molecule has 0 bridgehead atoms. The van der Waals surface area contributed by atoms with Crippen LogP contribution < -0.4 is 16.2 Å². The molecule has 1 saturated carbocycles. The van der Waals surface area contributed by atoms with Gasteiger partial charge >= 0.3 is 0 Å². The number of hydrogen-bond acceptors (Lipinski definition) is 4. The van der Waals surface area contributed by atoms with E-state index in [1.807, 2.05) is 0 Å². The zero-order valence-electron chi connectivity index (χ0n) is 10.5. The molecule has 2 heterocycles. The lowest BCUT2D eigenvalue weighted by atomic mass is 10.1. The summed E-state index contributed by atoms with van der Waals surface area (Å²) in [6.07, 6.45) is 5.71. The Balaban J connectivity index is 1.72. The second-order valence-corrected chi connectivity index (χ2v) is 5.31. The Morgan fingerprint density at radius 1 is 1.22 bits per heavy atom. The highest BCUT2D eigenvalue weighted by Crippen LogP contribution is 2.37. The summed E-state index contributed by atoms with van der Waals surface area (Å²) in [6, 6.07) is 2.01. The fourth-order valence-electron chi connectivity index (χ4n) is 2.47. The van der Waals surface area contributed by atoms with Gasteiger partial charge in [-0.05, 0) is 45.2 Å². The number of rotatable bonds is 3. The molecule has 3 N–H and O–H groups in total. The van der Waals surface area contributed by atoms with Gasteiger partial charge in [-0.25, -0.2) is 4.98 Å². The van der Waals surface area contributed by atoms with Crippen molar-refractivity contribution >= 4 is 5.82 Å². The SMILES string of the molecule is O=c1cc(NC2CCCNCC2)nc(C2CC2)[nH]1. The van der Waals surface area contributed by atoms with Gasteiger partial charge in [-0.3, -0.25) is 4.79 Å². The topological polar surface area (TPSA) is 69.8 Å². The van der Waals surface area contributed by atoms with Gasteiger partial charge in [0.25, 0.3) is 5.56 Å². The van der Waals surface area contributed by atoms with Gasteiger partial charge in [-0.15, -0.1) is 0 Å². The Bertz CT molecular complexity index is 458. The van der Waals surface area contributed by atoms with Gasteiger partial charge in [0.2, 0.25) is 0 Å². The molecule has 0 spiro atoms. The van der Waals surface area contributed by atoms with Gasteiger partial charge in [-0.2, -0.15) is 0 Å². The summed E-state index contributed by atoms with van der Waals surface area (Å²) in [5.41, 5.74) is -0.0406. The van der Waals surface area contributed by atoms with Crippen LogP contribution in [-0.4, -0.2) is 29.1 Å². The molecular formula is C13H20N4O. The number of anilines is 1. The van der Waals surface area contributed by atoms with Gasteiger partial charge in [-0.1, -0.05) is 0 Å².